The van der Waals surface area contributed by atoms with Crippen LogP contribution in [0.25, 0.3) is 11.1 Å². The highest BCUT2D eigenvalue weighted by Gasteiger charge is 2.20. The van der Waals surface area contributed by atoms with Crippen molar-refractivity contribution >= 4 is 5.97 Å². The lowest BCUT2D eigenvalue weighted by molar-refractivity contribution is 0.0697. The van der Waals surface area contributed by atoms with Crippen molar-refractivity contribution in [3.63, 3.8) is 0 Å². The van der Waals surface area contributed by atoms with Gasteiger partial charge < -0.3 is 25.0 Å². The Bertz CT molecular complexity index is 1100. The van der Waals surface area contributed by atoms with Crippen molar-refractivity contribution < 1.29 is 24.5 Å². The molecule has 2 atom stereocenters. The highest BCUT2D eigenvalue weighted by Crippen LogP contribution is 2.32. The van der Waals surface area contributed by atoms with Crippen molar-refractivity contribution in [3.05, 3.63) is 89.0 Å². The summed E-state index contributed by atoms with van der Waals surface area (Å²) in [6, 6.07) is 20.8. The average Bonchev–Trinajstić information content (AvgIpc) is 2.84. The van der Waals surface area contributed by atoms with E-state index in [9.17, 15) is 9.90 Å². The molecule has 0 spiro atoms. The van der Waals surface area contributed by atoms with Gasteiger partial charge in [-0.3, -0.25) is 0 Å². The van der Waals surface area contributed by atoms with Crippen LogP contribution in [0.2, 0.25) is 0 Å². The highest BCUT2D eigenvalue weighted by atomic mass is 16.5. The van der Waals surface area contributed by atoms with Crippen LogP contribution in [0.1, 0.15) is 39.6 Å². The number of methoxy groups -OCH3 is 1. The van der Waals surface area contributed by atoms with Crippen molar-refractivity contribution in [1.82, 2.24) is 5.32 Å². The van der Waals surface area contributed by atoms with Crippen LogP contribution in [0, 0.1) is 0 Å². The molecule has 0 saturated heterocycles. The lowest BCUT2D eigenvalue weighted by atomic mass is 9.96. The number of hydrogen-bond acceptors (Lipinski definition) is 5. The van der Waals surface area contributed by atoms with E-state index in [0.29, 0.717) is 19.7 Å². The molecule has 0 aliphatic carbocycles. The van der Waals surface area contributed by atoms with Gasteiger partial charge in [-0.15, -0.1) is 0 Å². The van der Waals surface area contributed by atoms with E-state index in [1.165, 1.54) is 0 Å². The van der Waals surface area contributed by atoms with Gasteiger partial charge >= 0.3 is 5.97 Å². The second-order valence-corrected chi connectivity index (χ2v) is 8.34. The number of aliphatic hydroxyl groups is 1. The molecule has 3 aromatic rings. The normalized spacial score (nSPS) is 16.0. The first-order valence-corrected chi connectivity index (χ1v) is 11.1. The van der Waals surface area contributed by atoms with E-state index in [-0.39, 0.29) is 11.7 Å². The molecule has 33 heavy (non-hydrogen) atoms. The van der Waals surface area contributed by atoms with Gasteiger partial charge in [-0.2, -0.15) is 0 Å². The Morgan fingerprint density at radius 1 is 1.12 bits per heavy atom. The fourth-order valence-corrected chi connectivity index (χ4v) is 4.13. The van der Waals surface area contributed by atoms with Gasteiger partial charge in [0.05, 0.1) is 18.3 Å². The van der Waals surface area contributed by atoms with Crippen LogP contribution in [0.4, 0.5) is 0 Å². The Morgan fingerprint density at radius 3 is 2.67 bits per heavy atom. The topological polar surface area (TPSA) is 88.0 Å². The van der Waals surface area contributed by atoms with Crippen LogP contribution >= 0.6 is 0 Å². The third-order valence-corrected chi connectivity index (χ3v) is 5.91. The number of carboxylic acids is 1. The van der Waals surface area contributed by atoms with E-state index in [0.717, 1.165) is 46.4 Å². The largest absolute Gasteiger partial charge is 0.489 e. The Balaban J connectivity index is 1.31. The predicted molar refractivity (Wildman–Crippen MR) is 127 cm³/mol. The zero-order valence-corrected chi connectivity index (χ0v) is 18.7. The molecule has 1 aliphatic heterocycles. The lowest BCUT2D eigenvalue weighted by Gasteiger charge is -2.27. The summed E-state index contributed by atoms with van der Waals surface area (Å²) >= 11 is 0. The molecular weight excluding hydrogens is 418 g/mol. The van der Waals surface area contributed by atoms with Crippen LogP contribution in [-0.2, 0) is 17.8 Å². The van der Waals surface area contributed by atoms with Crippen molar-refractivity contribution in [2.24, 2.45) is 0 Å². The molecule has 0 amide bonds. The zero-order chi connectivity index (χ0) is 23.2. The van der Waals surface area contributed by atoms with Crippen LogP contribution in [-0.4, -0.2) is 42.5 Å². The second kappa shape index (κ2) is 10.6. The van der Waals surface area contributed by atoms with Crippen molar-refractivity contribution in [2.45, 2.75) is 31.7 Å². The van der Waals surface area contributed by atoms with Gasteiger partial charge in [-0.25, -0.2) is 4.79 Å². The monoisotopic (exact) mass is 447 g/mol. The number of fused-ring (bicyclic) bond motifs is 1. The van der Waals surface area contributed by atoms with Crippen molar-refractivity contribution in [3.8, 4) is 16.9 Å². The van der Waals surface area contributed by atoms with Crippen molar-refractivity contribution in [1.29, 1.82) is 0 Å². The fourth-order valence-electron chi connectivity index (χ4n) is 4.13. The molecule has 6 heteroatoms. The third-order valence-electron chi connectivity index (χ3n) is 5.91. The number of nitrogens with one attached hydrogen (secondary N) is 1. The van der Waals surface area contributed by atoms with E-state index in [1.807, 2.05) is 48.5 Å². The maximum atomic E-state index is 11.1. The van der Waals surface area contributed by atoms with E-state index in [1.54, 1.807) is 19.2 Å². The quantitative estimate of drug-likeness (QED) is 0.455. The molecule has 4 rings (SSSR count). The van der Waals surface area contributed by atoms with Crippen LogP contribution in [0.3, 0.4) is 0 Å². The van der Waals surface area contributed by atoms with E-state index < -0.39 is 12.1 Å². The Labute approximate surface area is 193 Å². The van der Waals surface area contributed by atoms with Gasteiger partial charge in [0.15, 0.2) is 0 Å². The number of hydrogen-bond donors (Lipinski definition) is 3. The number of aryl methyl sites for hydroxylation is 1. The van der Waals surface area contributed by atoms with Gasteiger partial charge in [-0.1, -0.05) is 42.5 Å². The average molecular weight is 448 g/mol. The third kappa shape index (κ3) is 5.79. The molecule has 3 N–H and O–H groups in total. The number of rotatable bonds is 9. The molecule has 1 heterocycles. The number of aliphatic hydroxyl groups excluding tert-OH is 1. The number of aromatic carboxylic acids is 1. The first-order chi connectivity index (χ1) is 16.0. The number of carboxylic acid groups (broad SMARTS) is 1. The maximum absolute atomic E-state index is 11.1. The Kier molecular flexibility index (Phi) is 7.40. The molecule has 3 aromatic carbocycles. The minimum absolute atomic E-state index is 0.0465. The molecule has 0 saturated carbocycles. The molecule has 0 bridgehead atoms. The van der Waals surface area contributed by atoms with Crippen LogP contribution in [0.5, 0.6) is 5.75 Å². The summed E-state index contributed by atoms with van der Waals surface area (Å²) in [7, 11) is 1.66. The summed E-state index contributed by atoms with van der Waals surface area (Å²) in [6.07, 6.45) is 1.25. The smallest absolute Gasteiger partial charge is 0.335 e. The second-order valence-electron chi connectivity index (χ2n) is 8.34. The first kappa shape index (κ1) is 23.0. The SMILES string of the molecule is COCc1cccc(C(O)CNCC2CCc3cc(-c4ccc(C(=O)O)cc4)ccc3O2)c1. The number of ether oxygens (including phenoxy) is 2. The van der Waals surface area contributed by atoms with Gasteiger partial charge in [0.25, 0.3) is 0 Å². The summed E-state index contributed by atoms with van der Waals surface area (Å²) in [5, 5.41) is 22.9. The Morgan fingerprint density at radius 2 is 1.91 bits per heavy atom. The molecule has 172 valence electrons. The molecule has 0 radical (unpaired) electrons. The summed E-state index contributed by atoms with van der Waals surface area (Å²) in [5.41, 5.74) is 5.37. The number of carbonyl (C=O) groups is 1. The van der Waals surface area contributed by atoms with Crippen LogP contribution < -0.4 is 10.1 Å². The van der Waals surface area contributed by atoms with E-state index in [4.69, 9.17) is 14.6 Å². The fraction of sp³-hybridized carbons (Fsp3) is 0.296. The highest BCUT2D eigenvalue weighted by molar-refractivity contribution is 5.88. The molecule has 0 aromatic heterocycles. The molecule has 2 unspecified atom stereocenters. The molecule has 1 aliphatic rings. The Hall–Kier alpha value is -3.19. The summed E-state index contributed by atoms with van der Waals surface area (Å²) in [5.74, 6) is -0.0426. The number of benzene rings is 3. The minimum Gasteiger partial charge on any atom is -0.489 e. The standard InChI is InChI=1S/C27H29NO5/c1-32-17-18-3-2-4-22(13-18)25(29)16-28-15-24-11-9-23-14-21(10-12-26(23)33-24)19-5-7-20(8-6-19)27(30)31/h2-8,10,12-14,24-25,28-29H,9,11,15-17H2,1H3,(H,30,31). The van der Waals surface area contributed by atoms with Crippen LogP contribution in [0.15, 0.2) is 66.7 Å². The minimum atomic E-state index is -0.924. The van der Waals surface area contributed by atoms with Gasteiger partial charge in [0.2, 0.25) is 0 Å². The van der Waals surface area contributed by atoms with Crippen molar-refractivity contribution in [2.75, 3.05) is 20.2 Å². The molecule has 6 nitrogen and oxygen atoms in total. The summed E-state index contributed by atoms with van der Waals surface area (Å²) in [4.78, 5) is 11.1. The summed E-state index contributed by atoms with van der Waals surface area (Å²) < 4.78 is 11.3. The lowest BCUT2D eigenvalue weighted by Crippen LogP contribution is -2.36. The maximum Gasteiger partial charge on any atom is 0.335 e. The van der Waals surface area contributed by atoms with Gasteiger partial charge in [0, 0.05) is 20.2 Å². The predicted octanol–water partition coefficient (Wildman–Crippen LogP) is 4.22. The van der Waals surface area contributed by atoms with Gasteiger partial charge in [0.1, 0.15) is 11.9 Å². The molecular formula is C27H29NO5. The molecule has 0 fully saturated rings. The first-order valence-electron chi connectivity index (χ1n) is 11.1. The van der Waals surface area contributed by atoms with E-state index >= 15 is 0 Å². The van der Waals surface area contributed by atoms with E-state index in [2.05, 4.69) is 11.4 Å². The summed E-state index contributed by atoms with van der Waals surface area (Å²) in [6.45, 7) is 1.64. The van der Waals surface area contributed by atoms with Gasteiger partial charge in [-0.05, 0) is 64.9 Å². The zero-order valence-electron chi connectivity index (χ0n) is 18.7.